The Morgan fingerprint density at radius 3 is 2.77 bits per heavy atom. The van der Waals surface area contributed by atoms with E-state index in [0.29, 0.717) is 11.3 Å². The van der Waals surface area contributed by atoms with Crippen molar-refractivity contribution in [3.63, 3.8) is 0 Å². The number of nitrogens with zero attached hydrogens (tertiary/aromatic N) is 2. The zero-order valence-electron chi connectivity index (χ0n) is 16.9. The number of carbonyl (C=O) groups is 1. The summed E-state index contributed by atoms with van der Waals surface area (Å²) in [5.41, 5.74) is 4.23. The van der Waals surface area contributed by atoms with Gasteiger partial charge in [-0.1, -0.05) is 11.6 Å². The molecule has 0 aliphatic carbocycles. The third kappa shape index (κ3) is 3.66. The van der Waals surface area contributed by atoms with Gasteiger partial charge in [0.15, 0.2) is 0 Å². The molecular formula is C23H17ClFN3O3. The summed E-state index contributed by atoms with van der Waals surface area (Å²) in [5.74, 6) is -0.656. The Morgan fingerprint density at radius 2 is 2.06 bits per heavy atom. The Hall–Kier alpha value is -3.63. The van der Waals surface area contributed by atoms with E-state index in [4.69, 9.17) is 21.1 Å². The Morgan fingerprint density at radius 1 is 1.32 bits per heavy atom. The van der Waals surface area contributed by atoms with Gasteiger partial charge in [0, 0.05) is 11.1 Å². The molecule has 1 aliphatic rings. The molecule has 0 spiro atoms. The van der Waals surface area contributed by atoms with Crippen LogP contribution in [0.15, 0.2) is 42.0 Å². The number of allylic oxidation sites excluding steroid dienone is 1. The van der Waals surface area contributed by atoms with Crippen molar-refractivity contribution >= 4 is 39.2 Å². The van der Waals surface area contributed by atoms with Crippen LogP contribution in [0, 0.1) is 31.0 Å². The van der Waals surface area contributed by atoms with Crippen LogP contribution in [0.3, 0.4) is 0 Å². The molecule has 0 saturated heterocycles. The molecular weight excluding hydrogens is 421 g/mol. The lowest BCUT2D eigenvalue weighted by molar-refractivity contribution is -0.146. The molecule has 2 aromatic carbocycles. The van der Waals surface area contributed by atoms with Gasteiger partial charge in [-0.05, 0) is 61.4 Å². The number of esters is 1. The van der Waals surface area contributed by atoms with Gasteiger partial charge in [-0.3, -0.25) is 0 Å². The molecule has 1 atom stereocenters. The van der Waals surface area contributed by atoms with Crippen LogP contribution in [0.1, 0.15) is 22.5 Å². The minimum absolute atomic E-state index is 0.0895. The third-order valence-corrected chi connectivity index (χ3v) is 5.57. The number of fused-ring (bicyclic) bond motifs is 2. The molecule has 4 rings (SSSR count). The first-order valence-corrected chi connectivity index (χ1v) is 9.73. The smallest absolute Gasteiger partial charge is 0.351 e. The summed E-state index contributed by atoms with van der Waals surface area (Å²) in [6.07, 6.45) is 0.197. The first kappa shape index (κ1) is 20.6. The number of methoxy groups -OCH3 is 1. The van der Waals surface area contributed by atoms with E-state index in [2.05, 4.69) is 16.0 Å². The molecule has 156 valence electrons. The van der Waals surface area contributed by atoms with Crippen LogP contribution in [0.25, 0.3) is 21.6 Å². The molecule has 0 saturated carbocycles. The van der Waals surface area contributed by atoms with Crippen molar-refractivity contribution in [3.8, 4) is 11.8 Å². The van der Waals surface area contributed by atoms with Crippen LogP contribution in [0.2, 0.25) is 0 Å². The van der Waals surface area contributed by atoms with Crippen molar-refractivity contribution in [1.29, 1.82) is 5.26 Å². The van der Waals surface area contributed by atoms with Gasteiger partial charge in [0.05, 0.1) is 28.7 Å². The first-order valence-electron chi connectivity index (χ1n) is 9.35. The Labute approximate surface area is 182 Å². The second-order valence-electron chi connectivity index (χ2n) is 7.14. The summed E-state index contributed by atoms with van der Waals surface area (Å²) in [6, 6.07) is 9.75. The third-order valence-electron chi connectivity index (χ3n) is 5.15. The second-order valence-corrected chi connectivity index (χ2v) is 7.52. The highest BCUT2D eigenvalue weighted by Gasteiger charge is 2.34. The number of halogens is 2. The molecule has 2 heterocycles. The number of imidazole rings is 1. The number of aryl methyl sites for hydroxylation is 2. The number of nitrogens with one attached hydrogen (secondary N) is 1. The maximum absolute atomic E-state index is 13.8. The molecule has 1 aliphatic heterocycles. The van der Waals surface area contributed by atoms with Gasteiger partial charge in [0.25, 0.3) is 0 Å². The highest BCUT2D eigenvalue weighted by atomic mass is 35.5. The molecule has 6 nitrogen and oxygen atoms in total. The van der Waals surface area contributed by atoms with Crippen molar-refractivity contribution < 1.29 is 18.7 Å². The molecule has 0 fully saturated rings. The number of ether oxygens (including phenoxy) is 2. The maximum Gasteiger partial charge on any atom is 0.351 e. The van der Waals surface area contributed by atoms with Crippen LogP contribution in [-0.4, -0.2) is 29.2 Å². The molecule has 31 heavy (non-hydrogen) atoms. The molecule has 0 bridgehead atoms. The number of aromatic nitrogens is 2. The average Bonchev–Trinajstić information content (AvgIpc) is 3.15. The number of carbonyl (C=O) groups excluding carboxylic acids is 1. The van der Waals surface area contributed by atoms with Crippen molar-refractivity contribution in [3.05, 3.63) is 70.3 Å². The van der Waals surface area contributed by atoms with Crippen molar-refractivity contribution in [2.24, 2.45) is 0 Å². The Balaban J connectivity index is 1.88. The minimum atomic E-state index is -1.22. The molecule has 3 aromatic rings. The largest absolute Gasteiger partial charge is 0.473 e. The summed E-state index contributed by atoms with van der Waals surface area (Å²) in [6.45, 7) is 3.96. The number of H-pyrrole nitrogens is 1. The van der Waals surface area contributed by atoms with Crippen molar-refractivity contribution in [2.75, 3.05) is 7.11 Å². The molecule has 8 heteroatoms. The van der Waals surface area contributed by atoms with Crippen LogP contribution < -0.4 is 4.74 Å². The van der Waals surface area contributed by atoms with E-state index in [9.17, 15) is 14.4 Å². The fourth-order valence-corrected chi connectivity index (χ4v) is 3.67. The number of hydrogen-bond donors (Lipinski definition) is 1. The predicted octanol–water partition coefficient (Wildman–Crippen LogP) is 4.81. The van der Waals surface area contributed by atoms with Gasteiger partial charge >= 0.3 is 5.97 Å². The zero-order chi connectivity index (χ0) is 22.3. The second kappa shape index (κ2) is 7.89. The van der Waals surface area contributed by atoms with Gasteiger partial charge in [0.1, 0.15) is 23.5 Å². The molecule has 0 radical (unpaired) electrons. The van der Waals surface area contributed by atoms with Crippen LogP contribution in [0.4, 0.5) is 4.39 Å². The molecule has 1 N–H and O–H groups in total. The number of benzene rings is 2. The number of nitriles is 1. The van der Waals surface area contributed by atoms with Crippen LogP contribution in [-0.2, 0) is 9.53 Å². The van der Waals surface area contributed by atoms with Crippen LogP contribution >= 0.6 is 11.6 Å². The monoisotopic (exact) mass is 437 g/mol. The van der Waals surface area contributed by atoms with E-state index in [1.807, 2.05) is 26.0 Å². The lowest BCUT2D eigenvalue weighted by Gasteiger charge is -2.26. The van der Waals surface area contributed by atoms with Gasteiger partial charge in [0.2, 0.25) is 6.10 Å². The normalized spacial score (nSPS) is 16.0. The fraction of sp³-hybridized carbons (Fsp3) is 0.174. The average molecular weight is 438 g/mol. The fourth-order valence-electron chi connectivity index (χ4n) is 3.36. The number of hydrogen-bond acceptors (Lipinski definition) is 5. The quantitative estimate of drug-likeness (QED) is 0.469. The summed E-state index contributed by atoms with van der Waals surface area (Å²) in [5, 5.41) is 9.88. The van der Waals surface area contributed by atoms with Crippen molar-refractivity contribution in [2.45, 2.75) is 20.0 Å². The first-order chi connectivity index (χ1) is 14.8. The highest BCUT2D eigenvalue weighted by molar-refractivity contribution is 6.50. The summed E-state index contributed by atoms with van der Waals surface area (Å²) in [7, 11) is 1.22. The van der Waals surface area contributed by atoms with E-state index in [-0.39, 0.29) is 27.5 Å². The van der Waals surface area contributed by atoms with E-state index in [1.165, 1.54) is 31.4 Å². The zero-order valence-corrected chi connectivity index (χ0v) is 17.7. The molecule has 1 unspecified atom stereocenters. The van der Waals surface area contributed by atoms with E-state index in [1.54, 1.807) is 0 Å². The lowest BCUT2D eigenvalue weighted by Crippen LogP contribution is -2.33. The van der Waals surface area contributed by atoms with Gasteiger partial charge in [-0.25, -0.2) is 14.2 Å². The van der Waals surface area contributed by atoms with Gasteiger partial charge in [-0.2, -0.15) is 5.26 Å². The predicted molar refractivity (Wildman–Crippen MR) is 115 cm³/mol. The lowest BCUT2D eigenvalue weighted by atomic mass is 9.98. The van der Waals surface area contributed by atoms with E-state index < -0.39 is 17.9 Å². The van der Waals surface area contributed by atoms with Crippen LogP contribution in [0.5, 0.6) is 5.75 Å². The molecule has 0 amide bonds. The van der Waals surface area contributed by atoms with Crippen molar-refractivity contribution in [1.82, 2.24) is 9.97 Å². The summed E-state index contributed by atoms with van der Waals surface area (Å²) < 4.78 is 24.3. The van der Waals surface area contributed by atoms with Gasteiger partial charge < -0.3 is 14.5 Å². The maximum atomic E-state index is 13.8. The topological polar surface area (TPSA) is 88.0 Å². The highest BCUT2D eigenvalue weighted by Crippen LogP contribution is 2.40. The number of aromatic amines is 1. The van der Waals surface area contributed by atoms with Gasteiger partial charge in [-0.15, -0.1) is 0 Å². The Kier molecular flexibility index (Phi) is 5.25. The van der Waals surface area contributed by atoms with E-state index in [0.717, 1.165) is 16.6 Å². The SMILES string of the molecule is COC(=O)C1Oc2ccc(F)cc2C(Cl)=C1/C=C(/C#N)c1nc2cc(C)c(C)cc2[nH]1. The van der Waals surface area contributed by atoms with E-state index >= 15 is 0 Å². The Bertz CT molecular complexity index is 1290. The minimum Gasteiger partial charge on any atom is -0.473 e. The standard InChI is InChI=1S/C23H17ClFN3O3/c1-11-6-17-18(7-12(11)2)28-22(27-17)13(10-26)8-16-20(24)15-9-14(25)4-5-19(15)31-21(16)23(29)30-3/h4-9,21H,1-3H3,(H,27,28)/b13-8-. The summed E-state index contributed by atoms with van der Waals surface area (Å²) >= 11 is 6.53. The summed E-state index contributed by atoms with van der Waals surface area (Å²) in [4.78, 5) is 20.0. The molecule has 1 aromatic heterocycles. The number of rotatable bonds is 3.